The van der Waals surface area contributed by atoms with Crippen molar-refractivity contribution < 1.29 is 4.74 Å². The van der Waals surface area contributed by atoms with Crippen LogP contribution in [0.2, 0.25) is 0 Å². The van der Waals surface area contributed by atoms with Gasteiger partial charge in [0.25, 0.3) is 0 Å². The summed E-state index contributed by atoms with van der Waals surface area (Å²) < 4.78 is 5.65. The quantitative estimate of drug-likeness (QED) is 0.760. The van der Waals surface area contributed by atoms with Crippen LogP contribution in [0.1, 0.15) is 17.3 Å². The summed E-state index contributed by atoms with van der Waals surface area (Å²) in [6.07, 6.45) is 0.766. The van der Waals surface area contributed by atoms with Gasteiger partial charge in [-0.05, 0) is 18.1 Å². The third-order valence-electron chi connectivity index (χ3n) is 2.95. The minimum atomic E-state index is -0.476. The first-order chi connectivity index (χ1) is 8.72. The SMILES string of the molecule is Nc1nc(C2COc3ccccc3C2)[nH]c(=O)n1. The summed E-state index contributed by atoms with van der Waals surface area (Å²) in [7, 11) is 0. The Bertz CT molecular complexity index is 638. The fourth-order valence-corrected chi connectivity index (χ4v) is 2.11. The van der Waals surface area contributed by atoms with Crippen molar-refractivity contribution in [1.29, 1.82) is 0 Å². The highest BCUT2D eigenvalue weighted by atomic mass is 16.5. The maximum Gasteiger partial charge on any atom is 0.349 e. The lowest BCUT2D eigenvalue weighted by atomic mass is 9.96. The van der Waals surface area contributed by atoms with E-state index in [2.05, 4.69) is 15.0 Å². The summed E-state index contributed by atoms with van der Waals surface area (Å²) in [6.45, 7) is 0.476. The largest absolute Gasteiger partial charge is 0.493 e. The first-order valence-electron chi connectivity index (χ1n) is 5.67. The van der Waals surface area contributed by atoms with Gasteiger partial charge in [-0.3, -0.25) is 4.98 Å². The van der Waals surface area contributed by atoms with E-state index in [4.69, 9.17) is 10.5 Å². The Morgan fingerprint density at radius 3 is 3.00 bits per heavy atom. The summed E-state index contributed by atoms with van der Waals surface area (Å²) in [4.78, 5) is 21.4. The van der Waals surface area contributed by atoms with Crippen molar-refractivity contribution in [2.24, 2.45) is 0 Å². The summed E-state index contributed by atoms with van der Waals surface area (Å²) >= 11 is 0. The van der Waals surface area contributed by atoms with Crippen molar-refractivity contribution in [1.82, 2.24) is 15.0 Å². The van der Waals surface area contributed by atoms with Gasteiger partial charge in [-0.1, -0.05) is 18.2 Å². The summed E-state index contributed by atoms with van der Waals surface area (Å²) in [5, 5.41) is 0. The van der Waals surface area contributed by atoms with Gasteiger partial charge in [0.15, 0.2) is 0 Å². The van der Waals surface area contributed by atoms with Gasteiger partial charge in [0.05, 0.1) is 12.5 Å². The number of H-pyrrole nitrogens is 1. The Labute approximate surface area is 103 Å². The number of hydrogen-bond acceptors (Lipinski definition) is 5. The van der Waals surface area contributed by atoms with Crippen LogP contribution < -0.4 is 16.2 Å². The molecule has 6 heteroatoms. The third kappa shape index (κ3) is 1.92. The Kier molecular flexibility index (Phi) is 2.47. The standard InChI is InChI=1S/C12H12N4O2/c13-11-14-10(15-12(17)16-11)8-5-7-3-1-2-4-9(7)18-6-8/h1-4,8H,5-6H2,(H3,13,14,15,16,17). The predicted octanol–water partition coefficient (Wildman–Crippen LogP) is 0.466. The number of anilines is 1. The van der Waals surface area contributed by atoms with Crippen molar-refractivity contribution >= 4 is 5.95 Å². The molecule has 0 bridgehead atoms. The minimum Gasteiger partial charge on any atom is -0.493 e. The molecule has 3 rings (SSSR count). The van der Waals surface area contributed by atoms with Crippen molar-refractivity contribution in [3.63, 3.8) is 0 Å². The average Bonchev–Trinajstić information content (AvgIpc) is 2.37. The Balaban J connectivity index is 1.94. The lowest BCUT2D eigenvalue weighted by Crippen LogP contribution is -2.25. The topological polar surface area (TPSA) is 93.9 Å². The van der Waals surface area contributed by atoms with Gasteiger partial charge in [-0.2, -0.15) is 9.97 Å². The van der Waals surface area contributed by atoms with E-state index < -0.39 is 5.69 Å². The van der Waals surface area contributed by atoms with Crippen molar-refractivity contribution in [2.75, 3.05) is 12.3 Å². The summed E-state index contributed by atoms with van der Waals surface area (Å²) in [5.41, 5.74) is 6.11. The molecule has 1 aromatic carbocycles. The van der Waals surface area contributed by atoms with E-state index in [1.807, 2.05) is 24.3 Å². The molecule has 18 heavy (non-hydrogen) atoms. The molecule has 1 aliphatic heterocycles. The molecule has 0 saturated carbocycles. The number of hydrogen-bond donors (Lipinski definition) is 2. The van der Waals surface area contributed by atoms with E-state index in [0.29, 0.717) is 12.4 Å². The molecule has 1 unspecified atom stereocenters. The van der Waals surface area contributed by atoms with Crippen LogP contribution in [0.4, 0.5) is 5.95 Å². The number of para-hydroxylation sites is 1. The highest BCUT2D eigenvalue weighted by molar-refractivity contribution is 5.36. The molecule has 92 valence electrons. The molecular formula is C12H12N4O2. The molecule has 1 aromatic heterocycles. The molecule has 0 fully saturated rings. The van der Waals surface area contributed by atoms with Gasteiger partial charge in [0.2, 0.25) is 5.95 Å². The van der Waals surface area contributed by atoms with Gasteiger partial charge in [-0.15, -0.1) is 0 Å². The number of ether oxygens (including phenoxy) is 1. The predicted molar refractivity (Wildman–Crippen MR) is 65.4 cm³/mol. The maximum absolute atomic E-state index is 11.3. The van der Waals surface area contributed by atoms with Gasteiger partial charge in [-0.25, -0.2) is 4.79 Å². The molecule has 1 atom stereocenters. The number of fused-ring (bicyclic) bond motifs is 1. The number of nitrogen functional groups attached to an aromatic ring is 1. The van der Waals surface area contributed by atoms with Crippen molar-refractivity contribution in [3.8, 4) is 5.75 Å². The van der Waals surface area contributed by atoms with Crippen LogP contribution in [0.3, 0.4) is 0 Å². The number of nitrogens with one attached hydrogen (secondary N) is 1. The Morgan fingerprint density at radius 1 is 1.33 bits per heavy atom. The summed E-state index contributed by atoms with van der Waals surface area (Å²) in [5.74, 6) is 1.41. The fraction of sp³-hybridized carbons (Fsp3) is 0.250. The first kappa shape index (κ1) is 10.8. The normalized spacial score (nSPS) is 17.9. The molecular weight excluding hydrogens is 232 g/mol. The second kappa shape index (κ2) is 4.14. The van der Waals surface area contributed by atoms with E-state index in [1.54, 1.807) is 0 Å². The van der Waals surface area contributed by atoms with Crippen LogP contribution in [0.15, 0.2) is 29.1 Å². The second-order valence-electron chi connectivity index (χ2n) is 4.22. The number of aromatic amines is 1. The number of aromatic nitrogens is 3. The van der Waals surface area contributed by atoms with Crippen molar-refractivity contribution in [2.45, 2.75) is 12.3 Å². The van der Waals surface area contributed by atoms with Crippen LogP contribution in [0.25, 0.3) is 0 Å². The highest BCUT2D eigenvalue weighted by Crippen LogP contribution is 2.30. The number of nitrogens with zero attached hydrogens (tertiary/aromatic N) is 2. The van der Waals surface area contributed by atoms with Gasteiger partial charge < -0.3 is 10.5 Å². The Morgan fingerprint density at radius 2 is 2.17 bits per heavy atom. The molecule has 1 aliphatic rings. The molecule has 6 nitrogen and oxygen atoms in total. The van der Waals surface area contributed by atoms with Gasteiger partial charge in [0, 0.05) is 0 Å². The maximum atomic E-state index is 11.3. The zero-order valence-corrected chi connectivity index (χ0v) is 9.59. The zero-order chi connectivity index (χ0) is 12.5. The monoisotopic (exact) mass is 244 g/mol. The molecule has 0 aliphatic carbocycles. The van der Waals surface area contributed by atoms with Crippen LogP contribution in [0, 0.1) is 0 Å². The molecule has 0 spiro atoms. The van der Waals surface area contributed by atoms with E-state index in [9.17, 15) is 4.79 Å². The highest BCUT2D eigenvalue weighted by Gasteiger charge is 2.23. The number of nitrogens with two attached hydrogens (primary N) is 1. The van der Waals surface area contributed by atoms with Crippen LogP contribution in [-0.2, 0) is 6.42 Å². The van der Waals surface area contributed by atoms with Crippen LogP contribution >= 0.6 is 0 Å². The minimum absolute atomic E-state index is 0.00194. The molecule has 0 radical (unpaired) electrons. The first-order valence-corrected chi connectivity index (χ1v) is 5.67. The average molecular weight is 244 g/mol. The number of benzene rings is 1. The van der Waals surface area contributed by atoms with Crippen molar-refractivity contribution in [3.05, 3.63) is 46.1 Å². The smallest absolute Gasteiger partial charge is 0.349 e. The molecule has 2 aromatic rings. The lowest BCUT2D eigenvalue weighted by molar-refractivity contribution is 0.257. The van der Waals surface area contributed by atoms with Crippen LogP contribution in [0.5, 0.6) is 5.75 Å². The van der Waals surface area contributed by atoms with Crippen LogP contribution in [-0.4, -0.2) is 21.6 Å². The molecule has 0 saturated heterocycles. The molecule has 3 N–H and O–H groups in total. The number of rotatable bonds is 1. The van der Waals surface area contributed by atoms with E-state index >= 15 is 0 Å². The van der Waals surface area contributed by atoms with E-state index in [-0.39, 0.29) is 11.9 Å². The Hall–Kier alpha value is -2.37. The van der Waals surface area contributed by atoms with E-state index in [1.165, 1.54) is 0 Å². The summed E-state index contributed by atoms with van der Waals surface area (Å²) in [6, 6.07) is 7.83. The third-order valence-corrected chi connectivity index (χ3v) is 2.95. The molecule has 0 amide bonds. The van der Waals surface area contributed by atoms with E-state index in [0.717, 1.165) is 17.7 Å². The zero-order valence-electron chi connectivity index (χ0n) is 9.59. The van der Waals surface area contributed by atoms with Gasteiger partial charge >= 0.3 is 5.69 Å². The van der Waals surface area contributed by atoms with Gasteiger partial charge in [0.1, 0.15) is 11.6 Å². The molecule has 2 heterocycles. The fourth-order valence-electron chi connectivity index (χ4n) is 2.11. The second-order valence-corrected chi connectivity index (χ2v) is 4.22. The lowest BCUT2D eigenvalue weighted by Gasteiger charge is -2.24.